The number of hydrogen-bond acceptors (Lipinski definition) is 6. The van der Waals surface area contributed by atoms with E-state index in [0.717, 1.165) is 4.90 Å². The molecule has 1 aliphatic heterocycles. The SMILES string of the molecule is C[C@H]1CC(=O)N(CC(=O)Nc2cccc([N+](=O)[O-])c2)c2ccccc2S1(=O)=O. The lowest BCUT2D eigenvalue weighted by Gasteiger charge is -2.21. The molecule has 146 valence electrons. The van der Waals surface area contributed by atoms with Crippen LogP contribution in [0.3, 0.4) is 0 Å². The first-order valence-corrected chi connectivity index (χ1v) is 9.92. The Morgan fingerprint density at radius 3 is 2.68 bits per heavy atom. The number of carbonyl (C=O) groups is 2. The van der Waals surface area contributed by atoms with Crippen molar-refractivity contribution in [1.29, 1.82) is 0 Å². The maximum Gasteiger partial charge on any atom is 0.271 e. The van der Waals surface area contributed by atoms with Crippen molar-refractivity contribution in [2.45, 2.75) is 23.5 Å². The predicted molar refractivity (Wildman–Crippen MR) is 102 cm³/mol. The minimum absolute atomic E-state index is 0.00324. The Bertz CT molecular complexity index is 1070. The molecule has 1 heterocycles. The summed E-state index contributed by atoms with van der Waals surface area (Å²) in [5.41, 5.74) is 0.163. The number of nitrogens with one attached hydrogen (secondary N) is 1. The first kappa shape index (κ1) is 19.5. The zero-order valence-electron chi connectivity index (χ0n) is 14.9. The molecule has 1 atom stereocenters. The monoisotopic (exact) mass is 403 g/mol. The number of anilines is 2. The number of non-ortho nitro benzene ring substituents is 1. The van der Waals surface area contributed by atoms with Crippen LogP contribution in [0.5, 0.6) is 0 Å². The second kappa shape index (κ2) is 7.39. The van der Waals surface area contributed by atoms with Crippen molar-refractivity contribution in [3.63, 3.8) is 0 Å². The molecule has 10 heteroatoms. The highest BCUT2D eigenvalue weighted by Crippen LogP contribution is 2.33. The third-order valence-corrected chi connectivity index (χ3v) is 6.58. The highest BCUT2D eigenvalue weighted by Gasteiger charge is 2.36. The average Bonchev–Trinajstić information content (AvgIpc) is 2.71. The summed E-state index contributed by atoms with van der Waals surface area (Å²) < 4.78 is 25.3. The van der Waals surface area contributed by atoms with Gasteiger partial charge < -0.3 is 10.2 Å². The maximum absolute atomic E-state index is 12.6. The van der Waals surface area contributed by atoms with Crippen LogP contribution in [0.15, 0.2) is 53.4 Å². The number of para-hydroxylation sites is 1. The first-order chi connectivity index (χ1) is 13.2. The Kier molecular flexibility index (Phi) is 5.14. The predicted octanol–water partition coefficient (Wildman–Crippen LogP) is 2.13. The van der Waals surface area contributed by atoms with Gasteiger partial charge in [-0.1, -0.05) is 18.2 Å². The van der Waals surface area contributed by atoms with Crippen molar-refractivity contribution in [3.8, 4) is 0 Å². The lowest BCUT2D eigenvalue weighted by molar-refractivity contribution is -0.384. The van der Waals surface area contributed by atoms with E-state index in [0.29, 0.717) is 0 Å². The van der Waals surface area contributed by atoms with Gasteiger partial charge >= 0.3 is 0 Å². The summed E-state index contributed by atoms with van der Waals surface area (Å²) >= 11 is 0. The number of carbonyl (C=O) groups excluding carboxylic acids is 2. The number of hydrogen-bond donors (Lipinski definition) is 1. The van der Waals surface area contributed by atoms with Gasteiger partial charge in [-0.25, -0.2) is 8.42 Å². The van der Waals surface area contributed by atoms with Crippen LogP contribution in [-0.2, 0) is 19.4 Å². The highest BCUT2D eigenvalue weighted by atomic mass is 32.2. The number of benzene rings is 2. The van der Waals surface area contributed by atoms with E-state index in [-0.39, 0.29) is 28.4 Å². The quantitative estimate of drug-likeness (QED) is 0.615. The van der Waals surface area contributed by atoms with Crippen LogP contribution in [0.4, 0.5) is 17.1 Å². The van der Waals surface area contributed by atoms with E-state index in [4.69, 9.17) is 0 Å². The van der Waals surface area contributed by atoms with E-state index in [9.17, 15) is 28.1 Å². The lowest BCUT2D eigenvalue weighted by Crippen LogP contribution is -2.38. The molecule has 0 aliphatic carbocycles. The Morgan fingerprint density at radius 1 is 1.25 bits per heavy atom. The minimum Gasteiger partial charge on any atom is -0.324 e. The highest BCUT2D eigenvalue weighted by molar-refractivity contribution is 7.92. The molecule has 2 aromatic rings. The fourth-order valence-corrected chi connectivity index (χ4v) is 4.49. The van der Waals surface area contributed by atoms with E-state index < -0.39 is 38.4 Å². The smallest absolute Gasteiger partial charge is 0.271 e. The average molecular weight is 403 g/mol. The Balaban J connectivity index is 1.88. The van der Waals surface area contributed by atoms with Crippen LogP contribution in [-0.4, -0.2) is 37.0 Å². The topological polar surface area (TPSA) is 127 Å². The van der Waals surface area contributed by atoms with Crippen molar-refractivity contribution < 1.29 is 22.9 Å². The second-order valence-electron chi connectivity index (χ2n) is 6.36. The van der Waals surface area contributed by atoms with Gasteiger partial charge in [0.1, 0.15) is 6.54 Å². The standard InChI is InChI=1S/C18H17N3O6S/c1-12-9-18(23)20(15-7-2-3-8-16(15)28(12,26)27)11-17(22)19-13-5-4-6-14(10-13)21(24)25/h2-8,10,12H,9,11H2,1H3,(H,19,22)/t12-/m0/s1. The van der Waals surface area contributed by atoms with Crippen molar-refractivity contribution in [2.75, 3.05) is 16.8 Å². The molecule has 0 fully saturated rings. The van der Waals surface area contributed by atoms with Gasteiger partial charge in [0, 0.05) is 24.2 Å². The normalized spacial score (nSPS) is 18.1. The summed E-state index contributed by atoms with van der Waals surface area (Å²) in [7, 11) is -3.70. The summed E-state index contributed by atoms with van der Waals surface area (Å²) in [6, 6.07) is 11.4. The second-order valence-corrected chi connectivity index (χ2v) is 8.70. The van der Waals surface area contributed by atoms with Crippen LogP contribution >= 0.6 is 0 Å². The maximum atomic E-state index is 12.6. The summed E-state index contributed by atoms with van der Waals surface area (Å²) in [4.78, 5) is 36.4. The van der Waals surface area contributed by atoms with Gasteiger partial charge in [-0.05, 0) is 25.1 Å². The molecular formula is C18H17N3O6S. The van der Waals surface area contributed by atoms with Gasteiger partial charge in [-0.3, -0.25) is 19.7 Å². The molecular weight excluding hydrogens is 386 g/mol. The van der Waals surface area contributed by atoms with Crippen LogP contribution in [0.1, 0.15) is 13.3 Å². The van der Waals surface area contributed by atoms with Gasteiger partial charge in [-0.2, -0.15) is 0 Å². The number of rotatable bonds is 4. The van der Waals surface area contributed by atoms with E-state index in [1.807, 2.05) is 0 Å². The van der Waals surface area contributed by atoms with Gasteiger partial charge in [0.15, 0.2) is 9.84 Å². The van der Waals surface area contributed by atoms with E-state index in [1.165, 1.54) is 43.3 Å². The van der Waals surface area contributed by atoms with E-state index in [1.54, 1.807) is 12.1 Å². The van der Waals surface area contributed by atoms with Crippen molar-refractivity contribution in [1.82, 2.24) is 0 Å². The van der Waals surface area contributed by atoms with Crippen molar-refractivity contribution in [3.05, 3.63) is 58.6 Å². The molecule has 2 amide bonds. The third-order valence-electron chi connectivity index (χ3n) is 4.40. The molecule has 0 spiro atoms. The van der Waals surface area contributed by atoms with Gasteiger partial charge in [0.25, 0.3) is 5.69 Å². The molecule has 28 heavy (non-hydrogen) atoms. The molecule has 0 saturated heterocycles. The zero-order chi connectivity index (χ0) is 20.5. The summed E-state index contributed by atoms with van der Waals surface area (Å²) in [5, 5.41) is 12.4. The number of fused-ring (bicyclic) bond motifs is 1. The minimum atomic E-state index is -3.70. The van der Waals surface area contributed by atoms with Gasteiger partial charge in [-0.15, -0.1) is 0 Å². The molecule has 0 unspecified atom stereocenters. The first-order valence-electron chi connectivity index (χ1n) is 8.38. The van der Waals surface area contributed by atoms with Crippen LogP contribution in [0.2, 0.25) is 0 Å². The molecule has 3 rings (SSSR count). The molecule has 1 aliphatic rings. The molecule has 2 aromatic carbocycles. The molecule has 0 radical (unpaired) electrons. The number of sulfone groups is 1. The lowest BCUT2D eigenvalue weighted by atomic mass is 10.2. The summed E-state index contributed by atoms with van der Waals surface area (Å²) in [5.74, 6) is -1.09. The largest absolute Gasteiger partial charge is 0.324 e. The number of amides is 2. The Hall–Kier alpha value is -3.27. The summed E-state index contributed by atoms with van der Waals surface area (Å²) in [6.07, 6.45) is -0.249. The van der Waals surface area contributed by atoms with E-state index in [2.05, 4.69) is 5.32 Å². The molecule has 0 aromatic heterocycles. The van der Waals surface area contributed by atoms with Crippen LogP contribution in [0.25, 0.3) is 0 Å². The Morgan fingerprint density at radius 2 is 1.96 bits per heavy atom. The van der Waals surface area contributed by atoms with Crippen molar-refractivity contribution in [2.24, 2.45) is 0 Å². The number of nitro groups is 1. The van der Waals surface area contributed by atoms with Crippen LogP contribution < -0.4 is 10.2 Å². The van der Waals surface area contributed by atoms with Gasteiger partial charge in [0.05, 0.1) is 20.8 Å². The molecule has 9 nitrogen and oxygen atoms in total. The molecule has 0 saturated carbocycles. The summed E-state index contributed by atoms with van der Waals surface area (Å²) in [6.45, 7) is 1.04. The fraction of sp³-hybridized carbons (Fsp3) is 0.222. The molecule has 1 N–H and O–H groups in total. The number of nitro benzene ring substituents is 1. The van der Waals surface area contributed by atoms with Crippen molar-refractivity contribution >= 4 is 38.7 Å². The fourth-order valence-electron chi connectivity index (χ4n) is 2.95. The number of nitrogens with zero attached hydrogens (tertiary/aromatic N) is 2. The van der Waals surface area contributed by atoms with Crippen LogP contribution in [0, 0.1) is 10.1 Å². The van der Waals surface area contributed by atoms with E-state index >= 15 is 0 Å². The molecule has 0 bridgehead atoms. The third kappa shape index (κ3) is 3.72. The van der Waals surface area contributed by atoms with Gasteiger partial charge in [0.2, 0.25) is 11.8 Å². The Labute approximate surface area is 161 Å². The zero-order valence-corrected chi connectivity index (χ0v) is 15.7.